The quantitative estimate of drug-likeness (QED) is 0.0341. The van der Waals surface area contributed by atoms with E-state index in [-0.39, 0.29) is 5.78 Å². The standard InChI is InChI=1S/C14H6Br3ClO.C14H6BrClO2.C14H9ClO.CH2O4.2Na/c15-7-1-4-12-11(5-7)10-6-8(18)2-3-9(10)13(19)14(12,16)17;15-7-1-3-9-11(5-7)12-6-8(16)2-4-10(12)14(18)13(9)17;15-10-5-6-12-13(8-10)11-4-2-1-3-9(11)7-14(12)16;2-1(3)5-4;;/h1-6H;1-6H;1-8,16H;4H,(H,2,3);;. The van der Waals surface area contributed by atoms with Gasteiger partial charge in [-0.3, -0.25) is 19.3 Å². The molecule has 7 aromatic carbocycles. The van der Waals surface area contributed by atoms with Crippen molar-refractivity contribution < 1.29 is 39.5 Å². The third-order valence-corrected chi connectivity index (χ3v) is 12.2. The number of carbonyl (C=O) groups is 4. The van der Waals surface area contributed by atoms with E-state index >= 15 is 0 Å². The maximum atomic E-state index is 12.5. The average molecular weight is 1140 g/mol. The Hall–Kier alpha value is -2.11. The molecule has 0 amide bonds. The maximum absolute atomic E-state index is 12.5. The number of carbonyl (C=O) groups excluding carboxylic acids is 3. The Labute approximate surface area is 420 Å². The van der Waals surface area contributed by atoms with E-state index < -0.39 is 21.0 Å². The van der Waals surface area contributed by atoms with Crippen LogP contribution in [0.2, 0.25) is 15.1 Å². The molecule has 0 unspecified atom stereocenters. The first kappa shape index (κ1) is 48.9. The number of fused-ring (bicyclic) bond motifs is 9. The number of phenols is 1. The van der Waals surface area contributed by atoms with Gasteiger partial charge >= 0.3 is 49.8 Å². The normalized spacial score (nSPS) is 12.6. The number of ketones is 3. The molecule has 0 aliphatic heterocycles. The van der Waals surface area contributed by atoms with Crippen molar-refractivity contribution in [2.75, 3.05) is 0 Å². The number of alkyl halides is 2. The second kappa shape index (κ2) is 21.5. The molecule has 2 aliphatic rings. The summed E-state index contributed by atoms with van der Waals surface area (Å²) in [7, 11) is 0. The summed E-state index contributed by atoms with van der Waals surface area (Å²) >= 11 is 34.7. The topological polar surface area (TPSA) is 138 Å². The van der Waals surface area contributed by atoms with Gasteiger partial charge in [-0.2, -0.15) is 5.26 Å². The molecule has 9 rings (SSSR count). The van der Waals surface area contributed by atoms with Crippen LogP contribution in [0.15, 0.2) is 130 Å². The second-order valence-electron chi connectivity index (χ2n) is 12.5. The van der Waals surface area contributed by atoms with Crippen LogP contribution in [0.5, 0.6) is 5.75 Å². The Kier molecular flexibility index (Phi) is 17.5. The SMILES string of the molecule is O=C(O)OO.O=C1C(=O)c2ccc(Br)cc2-c2cc(Cl)ccc21.O=C1c2ccc(Cl)cc2-c2cc(Br)ccc2C1(Br)Br.Oc1cc2ccccc2c2cc(Cl)ccc12.[Na][Na]. The van der Waals surface area contributed by atoms with Crippen LogP contribution in [0.4, 0.5) is 4.79 Å². The van der Waals surface area contributed by atoms with Gasteiger partial charge in [-0.05, 0) is 135 Å². The first-order valence-corrected chi connectivity index (χ1v) is 29.9. The van der Waals surface area contributed by atoms with Gasteiger partial charge in [0.25, 0.3) is 0 Å². The predicted octanol–water partition coefficient (Wildman–Crippen LogP) is 13.8. The van der Waals surface area contributed by atoms with Crippen LogP contribution in [0.3, 0.4) is 0 Å². The summed E-state index contributed by atoms with van der Waals surface area (Å²) in [5.41, 5.74) is 5.69. The minimum absolute atomic E-state index is 0.0195. The molecule has 7 aromatic rings. The van der Waals surface area contributed by atoms with Crippen molar-refractivity contribution in [1.82, 2.24) is 0 Å². The third kappa shape index (κ3) is 11.0. The summed E-state index contributed by atoms with van der Waals surface area (Å²) in [5, 5.41) is 30.0. The first-order valence-electron chi connectivity index (χ1n) is 17.6. The number of hydrogen-bond donors (Lipinski definition) is 3. The molecule has 0 saturated heterocycles. The van der Waals surface area contributed by atoms with Crippen LogP contribution in [0.1, 0.15) is 36.6 Å². The third-order valence-electron chi connectivity index (χ3n) is 8.95. The van der Waals surface area contributed by atoms with Crippen LogP contribution >= 0.6 is 98.5 Å². The Morgan fingerprint density at radius 2 is 1.03 bits per heavy atom. The summed E-state index contributed by atoms with van der Waals surface area (Å²) in [5.74, 6) is -0.664. The van der Waals surface area contributed by atoms with Crippen molar-refractivity contribution in [2.45, 2.75) is 3.23 Å². The Morgan fingerprint density at radius 3 is 1.63 bits per heavy atom. The number of aromatic hydroxyl groups is 1. The molecule has 0 fully saturated rings. The van der Waals surface area contributed by atoms with E-state index in [1.54, 1.807) is 54.6 Å². The average Bonchev–Trinajstić information content (AvgIpc) is 3.23. The van der Waals surface area contributed by atoms with Crippen molar-refractivity contribution in [3.8, 4) is 28.0 Å². The number of rotatable bonds is 0. The molecule has 0 saturated carbocycles. The van der Waals surface area contributed by atoms with Crippen molar-refractivity contribution in [2.24, 2.45) is 0 Å². The van der Waals surface area contributed by atoms with Crippen LogP contribution in [0, 0.1) is 0 Å². The molecule has 0 radical (unpaired) electrons. The molecule has 60 heavy (non-hydrogen) atoms. The Balaban J connectivity index is 0.000000159. The number of halogens is 7. The number of phenolic OH excluding ortho intramolecular Hbond substituents is 1. The van der Waals surface area contributed by atoms with Crippen molar-refractivity contribution in [3.05, 3.63) is 168 Å². The molecule has 3 N–H and O–H groups in total. The van der Waals surface area contributed by atoms with Crippen molar-refractivity contribution in [1.29, 1.82) is 0 Å². The van der Waals surface area contributed by atoms with E-state index in [4.69, 9.17) is 50.0 Å². The van der Waals surface area contributed by atoms with E-state index in [1.165, 1.54) is 43.6 Å². The molecular formula is C43H23Br4Cl3Na2O8. The fourth-order valence-corrected chi connectivity index (χ4v) is 8.77. The molecule has 294 valence electrons. The van der Waals surface area contributed by atoms with E-state index in [9.17, 15) is 19.5 Å². The molecule has 0 bridgehead atoms. The number of Topliss-reactive ketones (excluding diaryl/α,β-unsaturated/α-hetero) is 3. The van der Waals surface area contributed by atoms with E-state index in [2.05, 4.69) is 68.6 Å². The van der Waals surface area contributed by atoms with Crippen LogP contribution in [0.25, 0.3) is 43.8 Å². The van der Waals surface area contributed by atoms with Gasteiger partial charge in [-0.1, -0.05) is 129 Å². The number of benzene rings is 7. The molecular weight excluding hydrogens is 1120 g/mol. The van der Waals surface area contributed by atoms with Crippen LogP contribution in [-0.4, -0.2) is 82.6 Å². The van der Waals surface area contributed by atoms with Gasteiger partial charge in [0.2, 0.25) is 11.6 Å². The fourth-order valence-electron chi connectivity index (χ4n) is 6.42. The summed E-state index contributed by atoms with van der Waals surface area (Å²) in [6, 6.07) is 36.6. The number of carboxylic acid groups (broad SMARTS) is 1. The van der Waals surface area contributed by atoms with E-state index in [0.717, 1.165) is 52.7 Å². The van der Waals surface area contributed by atoms with E-state index in [0.29, 0.717) is 43.1 Å². The molecule has 2 aliphatic carbocycles. The summed E-state index contributed by atoms with van der Waals surface area (Å²) in [6.07, 6.45) is -1.69. The Morgan fingerprint density at radius 1 is 0.567 bits per heavy atom. The Bertz CT molecular complexity index is 2780. The predicted molar refractivity (Wildman–Crippen MR) is 253 cm³/mol. The monoisotopic (exact) mass is 1130 g/mol. The van der Waals surface area contributed by atoms with Gasteiger partial charge in [0.15, 0.2) is 9.02 Å². The minimum atomic E-state index is -1.69. The summed E-state index contributed by atoms with van der Waals surface area (Å²) < 4.78 is 0.938. The molecule has 0 atom stereocenters. The van der Waals surface area contributed by atoms with Gasteiger partial charge in [-0.25, -0.2) is 4.79 Å². The van der Waals surface area contributed by atoms with E-state index in [1.807, 2.05) is 66.7 Å². The van der Waals surface area contributed by atoms with Gasteiger partial charge in [0.1, 0.15) is 5.75 Å². The van der Waals surface area contributed by atoms with Gasteiger partial charge in [-0.15, -0.1) is 0 Å². The zero-order chi connectivity index (χ0) is 44.1. The van der Waals surface area contributed by atoms with Crippen molar-refractivity contribution >= 4 is 187 Å². The summed E-state index contributed by atoms with van der Waals surface area (Å²) in [4.78, 5) is 48.1. The zero-order valence-corrected chi connectivity index (χ0v) is 43.7. The zero-order valence-electron chi connectivity index (χ0n) is 31.1. The van der Waals surface area contributed by atoms with Gasteiger partial charge in [0, 0.05) is 46.1 Å². The second-order valence-corrected chi connectivity index (χ2v) is 19.1. The van der Waals surface area contributed by atoms with Gasteiger partial charge in [0.05, 0.1) is 0 Å². The first-order chi connectivity index (χ1) is 28.5. The van der Waals surface area contributed by atoms with Crippen LogP contribution in [-0.2, 0) is 8.12 Å². The molecule has 0 heterocycles. The van der Waals surface area contributed by atoms with Crippen molar-refractivity contribution in [3.63, 3.8) is 0 Å². The number of hydrogen-bond acceptors (Lipinski definition) is 7. The molecule has 17 heteroatoms. The van der Waals surface area contributed by atoms with Gasteiger partial charge < -0.3 is 10.2 Å². The molecule has 0 spiro atoms. The van der Waals surface area contributed by atoms with Crippen LogP contribution < -0.4 is 0 Å². The molecule has 0 aromatic heterocycles. The fraction of sp³-hybridized carbons (Fsp3) is 0.0233. The summed E-state index contributed by atoms with van der Waals surface area (Å²) in [6.45, 7) is 0. The molecule has 8 nitrogen and oxygen atoms in total.